The Morgan fingerprint density at radius 2 is 2.12 bits per heavy atom. The van der Waals surface area contributed by atoms with Gasteiger partial charge in [-0.15, -0.1) is 0 Å². The number of nitrogen functional groups attached to an aromatic ring is 1. The number of H-pyrrole nitrogens is 1. The third kappa shape index (κ3) is 1.22. The number of nitrogens with zero attached hydrogens (tertiary/aromatic N) is 2. The summed E-state index contributed by atoms with van der Waals surface area (Å²) in [4.78, 5) is 10.9. The van der Waals surface area contributed by atoms with E-state index in [-0.39, 0.29) is 16.9 Å². The van der Waals surface area contributed by atoms with Gasteiger partial charge in [-0.3, -0.25) is 0 Å². The van der Waals surface area contributed by atoms with Crippen LogP contribution in [-0.4, -0.2) is 15.0 Å². The van der Waals surface area contributed by atoms with Crippen molar-refractivity contribution in [1.82, 2.24) is 15.0 Å². The molecule has 0 bridgehead atoms. The third-order valence-corrected chi connectivity index (χ3v) is 2.65. The first-order valence-electron chi connectivity index (χ1n) is 4.55. The summed E-state index contributed by atoms with van der Waals surface area (Å²) in [5.41, 5.74) is 7.35. The number of nitrogens with two attached hydrogens (primary N) is 1. The zero-order chi connectivity index (χ0) is 11.3. The average Bonchev–Trinajstić information content (AvgIpc) is 2.57. The molecule has 0 aliphatic heterocycles. The van der Waals surface area contributed by atoms with Gasteiger partial charge in [-0.25, -0.2) is 9.37 Å². The van der Waals surface area contributed by atoms with E-state index in [1.165, 1.54) is 12.1 Å². The van der Waals surface area contributed by atoms with Crippen molar-refractivity contribution in [2.24, 2.45) is 0 Å². The molecular weight excluding hydrogens is 231 g/mol. The molecule has 0 unspecified atom stereocenters. The highest BCUT2D eigenvalue weighted by atomic mass is 35.5. The molecule has 80 valence electrons. The minimum absolute atomic E-state index is 0.0719. The van der Waals surface area contributed by atoms with Gasteiger partial charge in [0.05, 0.1) is 0 Å². The largest absolute Gasteiger partial charge is 0.368 e. The smallest absolute Gasteiger partial charge is 0.222 e. The fraction of sp³-hybridized carbons (Fsp3) is 0. The second-order valence-corrected chi connectivity index (χ2v) is 3.77. The lowest BCUT2D eigenvalue weighted by molar-refractivity contribution is 0.630. The number of aromatic amines is 1. The second-order valence-electron chi connectivity index (χ2n) is 3.41. The Bertz CT molecular complexity index is 707. The topological polar surface area (TPSA) is 67.6 Å². The van der Waals surface area contributed by atoms with Crippen molar-refractivity contribution >= 4 is 39.5 Å². The summed E-state index contributed by atoms with van der Waals surface area (Å²) in [5, 5.41) is 0.880. The zero-order valence-corrected chi connectivity index (χ0v) is 8.72. The lowest BCUT2D eigenvalue weighted by atomic mass is 10.2. The highest BCUT2D eigenvalue weighted by Crippen LogP contribution is 2.28. The van der Waals surface area contributed by atoms with Gasteiger partial charge in [0.15, 0.2) is 5.15 Å². The standard InChI is InChI=1S/C10H6ClFN4/c11-9-8-7(15-10(13)16-9)5-3-4(12)1-2-6(5)14-8/h1-3,14H,(H2,13,15,16). The highest BCUT2D eigenvalue weighted by molar-refractivity contribution is 6.34. The molecule has 2 aromatic heterocycles. The van der Waals surface area contributed by atoms with E-state index in [0.29, 0.717) is 16.4 Å². The fourth-order valence-corrected chi connectivity index (χ4v) is 1.93. The average molecular weight is 237 g/mol. The number of fused-ring (bicyclic) bond motifs is 3. The van der Waals surface area contributed by atoms with E-state index in [4.69, 9.17) is 17.3 Å². The van der Waals surface area contributed by atoms with Crippen LogP contribution in [0.3, 0.4) is 0 Å². The van der Waals surface area contributed by atoms with Gasteiger partial charge in [0.1, 0.15) is 16.9 Å². The Balaban J connectivity index is 2.57. The monoisotopic (exact) mass is 236 g/mol. The van der Waals surface area contributed by atoms with Crippen LogP contribution in [0.25, 0.3) is 21.9 Å². The van der Waals surface area contributed by atoms with Crippen LogP contribution in [0.4, 0.5) is 10.3 Å². The van der Waals surface area contributed by atoms with Gasteiger partial charge in [-0.05, 0) is 18.2 Å². The van der Waals surface area contributed by atoms with Crippen molar-refractivity contribution in [2.75, 3.05) is 5.73 Å². The maximum absolute atomic E-state index is 13.1. The van der Waals surface area contributed by atoms with Crippen LogP contribution >= 0.6 is 11.6 Å². The van der Waals surface area contributed by atoms with Crippen LogP contribution in [-0.2, 0) is 0 Å². The molecule has 6 heteroatoms. The normalized spacial score (nSPS) is 11.4. The molecule has 16 heavy (non-hydrogen) atoms. The van der Waals surface area contributed by atoms with E-state index in [1.807, 2.05) is 0 Å². The number of halogens is 2. The first-order chi connectivity index (χ1) is 7.65. The van der Waals surface area contributed by atoms with E-state index in [1.54, 1.807) is 6.07 Å². The molecule has 0 saturated heterocycles. The number of anilines is 1. The van der Waals surface area contributed by atoms with Crippen molar-refractivity contribution in [3.63, 3.8) is 0 Å². The Hall–Kier alpha value is -1.88. The first-order valence-corrected chi connectivity index (χ1v) is 4.93. The number of hydrogen-bond acceptors (Lipinski definition) is 3. The summed E-state index contributed by atoms with van der Waals surface area (Å²) in [6.07, 6.45) is 0. The summed E-state index contributed by atoms with van der Waals surface area (Å²) in [5.74, 6) is -0.260. The minimum atomic E-state index is -0.332. The number of nitrogens with one attached hydrogen (secondary N) is 1. The van der Waals surface area contributed by atoms with E-state index >= 15 is 0 Å². The van der Waals surface area contributed by atoms with Gasteiger partial charge in [-0.2, -0.15) is 4.98 Å². The number of rotatable bonds is 0. The molecule has 0 saturated carbocycles. The first kappa shape index (κ1) is 9.35. The molecule has 0 spiro atoms. The predicted octanol–water partition coefficient (Wildman–Crippen LogP) is 2.49. The highest BCUT2D eigenvalue weighted by Gasteiger charge is 2.11. The van der Waals surface area contributed by atoms with Gasteiger partial charge in [0.2, 0.25) is 5.95 Å². The van der Waals surface area contributed by atoms with Crippen molar-refractivity contribution in [1.29, 1.82) is 0 Å². The molecule has 0 radical (unpaired) electrons. The van der Waals surface area contributed by atoms with Crippen LogP contribution in [0.1, 0.15) is 0 Å². The van der Waals surface area contributed by atoms with Crippen molar-refractivity contribution in [2.45, 2.75) is 0 Å². The van der Waals surface area contributed by atoms with Crippen LogP contribution in [0, 0.1) is 5.82 Å². The Morgan fingerprint density at radius 1 is 1.31 bits per heavy atom. The predicted molar refractivity (Wildman–Crippen MR) is 60.8 cm³/mol. The molecule has 0 fully saturated rings. The lowest BCUT2D eigenvalue weighted by Gasteiger charge is -1.95. The van der Waals surface area contributed by atoms with E-state index < -0.39 is 0 Å². The summed E-state index contributed by atoms with van der Waals surface area (Å²) >= 11 is 5.92. The third-order valence-electron chi connectivity index (χ3n) is 2.38. The molecule has 3 N–H and O–H groups in total. The van der Waals surface area contributed by atoms with Gasteiger partial charge in [0, 0.05) is 10.9 Å². The summed E-state index contributed by atoms with van der Waals surface area (Å²) in [6.45, 7) is 0. The fourth-order valence-electron chi connectivity index (χ4n) is 1.71. The SMILES string of the molecule is Nc1nc(Cl)c2[nH]c3ccc(F)cc3c2n1. The molecule has 0 aliphatic rings. The number of aromatic nitrogens is 3. The molecule has 3 rings (SSSR count). The molecule has 2 heterocycles. The van der Waals surface area contributed by atoms with Gasteiger partial charge in [-0.1, -0.05) is 11.6 Å². The number of benzene rings is 1. The van der Waals surface area contributed by atoms with Crippen molar-refractivity contribution < 1.29 is 4.39 Å². The maximum Gasteiger partial charge on any atom is 0.222 e. The quantitative estimate of drug-likeness (QED) is 0.589. The lowest BCUT2D eigenvalue weighted by Crippen LogP contribution is -1.94. The van der Waals surface area contributed by atoms with Crippen LogP contribution in [0.2, 0.25) is 5.15 Å². The zero-order valence-electron chi connectivity index (χ0n) is 7.96. The van der Waals surface area contributed by atoms with E-state index in [9.17, 15) is 4.39 Å². The van der Waals surface area contributed by atoms with Gasteiger partial charge >= 0.3 is 0 Å². The molecular formula is C10H6ClFN4. The Kier molecular flexibility index (Phi) is 1.79. The van der Waals surface area contributed by atoms with Crippen molar-refractivity contribution in [3.05, 3.63) is 29.2 Å². The van der Waals surface area contributed by atoms with E-state index in [0.717, 1.165) is 5.52 Å². The minimum Gasteiger partial charge on any atom is -0.368 e. The Morgan fingerprint density at radius 3 is 2.94 bits per heavy atom. The van der Waals surface area contributed by atoms with E-state index in [2.05, 4.69) is 15.0 Å². The van der Waals surface area contributed by atoms with Crippen molar-refractivity contribution in [3.8, 4) is 0 Å². The summed E-state index contributed by atoms with van der Waals surface area (Å²) in [6, 6.07) is 4.37. The second kappa shape index (κ2) is 3.05. The van der Waals surface area contributed by atoms with Gasteiger partial charge in [0.25, 0.3) is 0 Å². The molecule has 0 atom stereocenters. The van der Waals surface area contributed by atoms with Gasteiger partial charge < -0.3 is 10.7 Å². The molecule has 4 nitrogen and oxygen atoms in total. The van der Waals surface area contributed by atoms with Crippen LogP contribution in [0.5, 0.6) is 0 Å². The summed E-state index contributed by atoms with van der Waals surface area (Å²) < 4.78 is 13.1. The molecule has 1 aromatic carbocycles. The molecule has 0 amide bonds. The Labute approximate surface area is 94.3 Å². The van der Waals surface area contributed by atoms with Crippen LogP contribution < -0.4 is 5.73 Å². The molecule has 0 aliphatic carbocycles. The maximum atomic E-state index is 13.1. The summed E-state index contributed by atoms with van der Waals surface area (Å²) in [7, 11) is 0. The number of hydrogen-bond donors (Lipinski definition) is 2. The molecule has 3 aromatic rings. The van der Waals surface area contributed by atoms with Crippen LogP contribution in [0.15, 0.2) is 18.2 Å².